The maximum atomic E-state index is 12.8. The van der Waals surface area contributed by atoms with Crippen molar-refractivity contribution in [2.24, 2.45) is 0 Å². The molecular weight excluding hydrogens is 231 g/mol. The van der Waals surface area contributed by atoms with E-state index in [9.17, 15) is 9.18 Å². The molecule has 0 aliphatic rings. The van der Waals surface area contributed by atoms with Gasteiger partial charge in [0.05, 0.1) is 11.1 Å². The van der Waals surface area contributed by atoms with Crippen molar-refractivity contribution in [3.8, 4) is 6.07 Å². The average molecular weight is 241 g/mol. The Bertz CT molecular complexity index is 428. The van der Waals surface area contributed by atoms with E-state index in [2.05, 4.69) is 5.32 Å². The number of hydrogen-bond acceptors (Lipinski definition) is 2. The van der Waals surface area contributed by atoms with E-state index in [1.807, 2.05) is 6.07 Å². The monoisotopic (exact) mass is 240 g/mol. The molecule has 1 aromatic rings. The second-order valence-electron chi connectivity index (χ2n) is 3.18. The summed E-state index contributed by atoms with van der Waals surface area (Å²) in [6.45, 7) is 0.282. The molecule has 16 heavy (non-hydrogen) atoms. The molecule has 0 saturated heterocycles. The van der Waals surface area contributed by atoms with Crippen LogP contribution in [-0.2, 0) is 11.3 Å². The van der Waals surface area contributed by atoms with E-state index in [0.29, 0.717) is 0 Å². The fraction of sp³-hybridized carbons (Fsp3) is 0.273. The number of hydrogen-bond donors (Lipinski definition) is 1. The molecule has 3 nitrogen and oxygen atoms in total. The highest BCUT2D eigenvalue weighted by Gasteiger charge is 2.03. The topological polar surface area (TPSA) is 52.9 Å². The van der Waals surface area contributed by atoms with Crippen molar-refractivity contribution >= 4 is 17.5 Å². The molecule has 1 aromatic carbocycles. The van der Waals surface area contributed by atoms with E-state index in [4.69, 9.17) is 16.9 Å². The third-order valence-corrected chi connectivity index (χ3v) is 2.23. The summed E-state index contributed by atoms with van der Waals surface area (Å²) in [5.41, 5.74) is 0.719. The van der Waals surface area contributed by atoms with Crippen LogP contribution < -0.4 is 5.32 Å². The van der Waals surface area contributed by atoms with Gasteiger partial charge in [-0.3, -0.25) is 4.79 Å². The quantitative estimate of drug-likeness (QED) is 0.879. The second kappa shape index (κ2) is 6.09. The number of rotatable bonds is 4. The number of carbonyl (C=O) groups is 1. The first-order valence-corrected chi connectivity index (χ1v) is 5.09. The molecule has 5 heteroatoms. The van der Waals surface area contributed by atoms with E-state index in [0.717, 1.165) is 5.56 Å². The van der Waals surface area contributed by atoms with E-state index in [1.165, 1.54) is 12.1 Å². The van der Waals surface area contributed by atoms with Crippen molar-refractivity contribution in [3.63, 3.8) is 0 Å². The summed E-state index contributed by atoms with van der Waals surface area (Å²) in [5.74, 6) is -0.691. The number of nitrogens with one attached hydrogen (secondary N) is 1. The minimum atomic E-state index is -0.485. The van der Waals surface area contributed by atoms with Crippen LogP contribution in [0.4, 0.5) is 4.39 Å². The van der Waals surface area contributed by atoms with E-state index >= 15 is 0 Å². The van der Waals surface area contributed by atoms with Gasteiger partial charge in [-0.25, -0.2) is 4.39 Å². The maximum absolute atomic E-state index is 12.8. The number of amides is 1. The van der Waals surface area contributed by atoms with Crippen LogP contribution in [0.3, 0.4) is 0 Å². The van der Waals surface area contributed by atoms with Crippen LogP contribution in [0.2, 0.25) is 5.02 Å². The summed E-state index contributed by atoms with van der Waals surface area (Å²) in [4.78, 5) is 11.2. The van der Waals surface area contributed by atoms with Crippen molar-refractivity contribution in [1.29, 1.82) is 5.26 Å². The van der Waals surface area contributed by atoms with Crippen LogP contribution in [0.5, 0.6) is 0 Å². The highest BCUT2D eigenvalue weighted by atomic mass is 35.5. The fourth-order valence-corrected chi connectivity index (χ4v) is 1.31. The van der Waals surface area contributed by atoms with Crippen LogP contribution in [-0.4, -0.2) is 5.91 Å². The molecule has 0 aromatic heterocycles. The SMILES string of the molecule is N#CCCC(=O)NCc1ccc(F)c(Cl)c1. The zero-order valence-corrected chi connectivity index (χ0v) is 9.22. The highest BCUT2D eigenvalue weighted by Crippen LogP contribution is 2.15. The molecule has 0 fully saturated rings. The van der Waals surface area contributed by atoms with Gasteiger partial charge in [0.25, 0.3) is 0 Å². The summed E-state index contributed by atoms with van der Waals surface area (Å²) in [6, 6.07) is 6.14. The van der Waals surface area contributed by atoms with Gasteiger partial charge in [-0.1, -0.05) is 17.7 Å². The molecule has 1 rings (SSSR count). The van der Waals surface area contributed by atoms with Crippen molar-refractivity contribution in [3.05, 3.63) is 34.6 Å². The average Bonchev–Trinajstić information content (AvgIpc) is 2.28. The minimum absolute atomic E-state index is 0.0313. The first-order chi connectivity index (χ1) is 7.63. The molecular formula is C11H10ClFN2O. The van der Waals surface area contributed by atoms with Gasteiger partial charge >= 0.3 is 0 Å². The zero-order chi connectivity index (χ0) is 12.0. The molecule has 1 amide bonds. The van der Waals surface area contributed by atoms with E-state index < -0.39 is 5.82 Å². The summed E-state index contributed by atoms with van der Waals surface area (Å²) in [5, 5.41) is 10.9. The molecule has 0 spiro atoms. The Hall–Kier alpha value is -1.60. The Kier molecular flexibility index (Phi) is 4.74. The van der Waals surface area contributed by atoms with Crippen molar-refractivity contribution in [1.82, 2.24) is 5.32 Å². The van der Waals surface area contributed by atoms with E-state index in [-0.39, 0.29) is 30.3 Å². The van der Waals surface area contributed by atoms with Crippen molar-refractivity contribution in [2.75, 3.05) is 0 Å². The fourth-order valence-electron chi connectivity index (χ4n) is 1.11. The summed E-state index contributed by atoms with van der Waals surface area (Å²) in [7, 11) is 0. The molecule has 0 aliphatic carbocycles. The smallest absolute Gasteiger partial charge is 0.221 e. The highest BCUT2D eigenvalue weighted by molar-refractivity contribution is 6.30. The largest absolute Gasteiger partial charge is 0.352 e. The zero-order valence-electron chi connectivity index (χ0n) is 8.46. The van der Waals surface area contributed by atoms with Gasteiger partial charge in [0.1, 0.15) is 5.82 Å². The number of carbonyl (C=O) groups excluding carboxylic acids is 1. The summed E-state index contributed by atoms with van der Waals surface area (Å²) in [6.07, 6.45) is 0.363. The predicted molar refractivity (Wildman–Crippen MR) is 58.1 cm³/mol. The molecule has 0 heterocycles. The molecule has 84 valence electrons. The lowest BCUT2D eigenvalue weighted by Gasteiger charge is -2.04. The Morgan fingerprint density at radius 2 is 2.31 bits per heavy atom. The van der Waals surface area contributed by atoms with Gasteiger partial charge in [0.2, 0.25) is 5.91 Å². The molecule has 0 bridgehead atoms. The lowest BCUT2D eigenvalue weighted by atomic mass is 10.2. The maximum Gasteiger partial charge on any atom is 0.221 e. The Balaban J connectivity index is 2.46. The third-order valence-electron chi connectivity index (χ3n) is 1.94. The molecule has 0 aliphatic heterocycles. The Morgan fingerprint density at radius 3 is 2.94 bits per heavy atom. The molecule has 1 N–H and O–H groups in total. The number of benzene rings is 1. The Labute approximate surface area is 97.8 Å². The standard InChI is InChI=1S/C11H10ClFN2O/c12-9-6-8(3-4-10(9)13)7-15-11(16)2-1-5-14/h3-4,6H,1-2,7H2,(H,15,16). The molecule has 0 radical (unpaired) electrons. The van der Waals surface area contributed by atoms with E-state index in [1.54, 1.807) is 6.07 Å². The molecule has 0 atom stereocenters. The van der Waals surface area contributed by atoms with Crippen LogP contribution in [0.15, 0.2) is 18.2 Å². The lowest BCUT2D eigenvalue weighted by molar-refractivity contribution is -0.121. The normalized spacial score (nSPS) is 9.56. The third kappa shape index (κ3) is 3.87. The van der Waals surface area contributed by atoms with Gasteiger partial charge < -0.3 is 5.32 Å². The number of nitriles is 1. The minimum Gasteiger partial charge on any atom is -0.352 e. The molecule has 0 saturated carbocycles. The van der Waals surface area contributed by atoms with Crippen LogP contribution in [0, 0.1) is 17.1 Å². The van der Waals surface area contributed by atoms with Crippen LogP contribution in [0.25, 0.3) is 0 Å². The van der Waals surface area contributed by atoms with Crippen LogP contribution in [0.1, 0.15) is 18.4 Å². The predicted octanol–water partition coefficient (Wildman–Crippen LogP) is 2.40. The Morgan fingerprint density at radius 1 is 1.56 bits per heavy atom. The van der Waals surface area contributed by atoms with Gasteiger partial charge in [-0.2, -0.15) is 5.26 Å². The van der Waals surface area contributed by atoms with Gasteiger partial charge in [0, 0.05) is 19.4 Å². The summed E-state index contributed by atoms with van der Waals surface area (Å²) >= 11 is 5.58. The lowest BCUT2D eigenvalue weighted by Crippen LogP contribution is -2.22. The first-order valence-electron chi connectivity index (χ1n) is 4.71. The number of nitrogens with zero attached hydrogens (tertiary/aromatic N) is 1. The first kappa shape index (κ1) is 12.5. The van der Waals surface area contributed by atoms with Gasteiger partial charge in [-0.15, -0.1) is 0 Å². The summed E-state index contributed by atoms with van der Waals surface area (Å²) < 4.78 is 12.8. The van der Waals surface area contributed by atoms with Crippen molar-refractivity contribution < 1.29 is 9.18 Å². The van der Waals surface area contributed by atoms with Gasteiger partial charge in [-0.05, 0) is 17.7 Å². The second-order valence-corrected chi connectivity index (χ2v) is 3.59. The molecule has 0 unspecified atom stereocenters. The van der Waals surface area contributed by atoms with Gasteiger partial charge in [0.15, 0.2) is 0 Å². The van der Waals surface area contributed by atoms with Crippen molar-refractivity contribution in [2.45, 2.75) is 19.4 Å². The number of halogens is 2. The van der Waals surface area contributed by atoms with Crippen LogP contribution >= 0.6 is 11.6 Å².